The number of piperazine rings is 1. The van der Waals surface area contributed by atoms with Gasteiger partial charge in [-0.1, -0.05) is 0 Å². The van der Waals surface area contributed by atoms with Crippen molar-refractivity contribution >= 4 is 45.8 Å². The molecule has 1 aliphatic rings. The van der Waals surface area contributed by atoms with Crippen LogP contribution in [0, 0.1) is 5.82 Å². The Morgan fingerprint density at radius 1 is 1.07 bits per heavy atom. The van der Waals surface area contributed by atoms with Gasteiger partial charge in [0, 0.05) is 38.3 Å². The summed E-state index contributed by atoms with van der Waals surface area (Å²) in [6.45, 7) is 5.97. The second-order valence-corrected chi connectivity index (χ2v) is 7.63. The van der Waals surface area contributed by atoms with Gasteiger partial charge in [0.1, 0.15) is 17.2 Å². The molecule has 156 valence electrons. The number of hydrogen-bond donors (Lipinski definition) is 1. The van der Waals surface area contributed by atoms with E-state index in [0.29, 0.717) is 11.3 Å². The molecule has 0 aliphatic carbocycles. The Hall–Kier alpha value is -2.58. The zero-order valence-corrected chi connectivity index (χ0v) is 18.2. The Balaban J connectivity index is 1.68. The number of nitrogens with one attached hydrogen (secondary N) is 1. The lowest BCUT2D eigenvalue weighted by Crippen LogP contribution is -2.52. The van der Waals surface area contributed by atoms with Gasteiger partial charge in [0.05, 0.1) is 17.1 Å². The zero-order valence-electron chi connectivity index (χ0n) is 16.6. The molecule has 0 spiro atoms. The average molecular weight is 445 g/mol. The van der Waals surface area contributed by atoms with E-state index in [1.165, 1.54) is 12.1 Å². The number of halogens is 2. The smallest absolute Gasteiger partial charge is 0.169 e. The maximum absolute atomic E-state index is 13.3. The van der Waals surface area contributed by atoms with Crippen LogP contribution in [0.25, 0.3) is 22.3 Å². The third-order valence-corrected chi connectivity index (χ3v) is 5.67. The lowest BCUT2D eigenvalue weighted by Gasteiger charge is -2.37. The molecule has 30 heavy (non-hydrogen) atoms. The summed E-state index contributed by atoms with van der Waals surface area (Å²) in [5.74, 6) is 1.30. The third-order valence-electron chi connectivity index (χ3n) is 5.02. The maximum Gasteiger partial charge on any atom is 0.169 e. The van der Waals surface area contributed by atoms with Crippen molar-refractivity contribution in [3.05, 3.63) is 48.0 Å². The number of fused-ring (bicyclic) bond motifs is 1. The molecule has 9 heteroatoms. The van der Waals surface area contributed by atoms with Gasteiger partial charge in [-0.3, -0.25) is 0 Å². The Kier molecular flexibility index (Phi) is 6.24. The standard InChI is InChI=1S/C21H22ClFN6S/c1-2-24-21(30)29-11-9-28(10-12-29)20-19-17(25-18(13-22)27-20)8-7-16(26-19)14-3-5-15(23)6-4-14/h3-8H,2,9-13H2,1H3,(H,24,30). The molecular formula is C21H22ClFN6S. The van der Waals surface area contributed by atoms with E-state index in [-0.39, 0.29) is 11.7 Å². The van der Waals surface area contributed by atoms with Gasteiger partial charge in [-0.15, -0.1) is 11.6 Å². The zero-order chi connectivity index (χ0) is 21.1. The highest BCUT2D eigenvalue weighted by Crippen LogP contribution is 2.27. The SMILES string of the molecule is CCNC(=S)N1CCN(c2nc(CCl)nc3ccc(-c4ccc(F)cc4)nc23)CC1. The van der Waals surface area contributed by atoms with Crippen LogP contribution in [0.15, 0.2) is 36.4 Å². The van der Waals surface area contributed by atoms with E-state index in [2.05, 4.69) is 20.1 Å². The van der Waals surface area contributed by atoms with E-state index in [4.69, 9.17) is 33.8 Å². The van der Waals surface area contributed by atoms with Crippen LogP contribution in [0.3, 0.4) is 0 Å². The summed E-state index contributed by atoms with van der Waals surface area (Å²) in [6.07, 6.45) is 0. The fourth-order valence-electron chi connectivity index (χ4n) is 3.49. The van der Waals surface area contributed by atoms with Crippen LogP contribution in [0.2, 0.25) is 0 Å². The molecule has 2 aromatic heterocycles. The molecule has 1 aliphatic heterocycles. The van der Waals surface area contributed by atoms with Crippen LogP contribution < -0.4 is 10.2 Å². The van der Waals surface area contributed by atoms with Crippen LogP contribution in [0.4, 0.5) is 10.2 Å². The molecule has 1 aromatic carbocycles. The minimum Gasteiger partial charge on any atom is -0.363 e. The van der Waals surface area contributed by atoms with Crippen molar-refractivity contribution in [2.45, 2.75) is 12.8 Å². The average Bonchev–Trinajstić information content (AvgIpc) is 2.79. The molecule has 0 saturated carbocycles. The molecule has 1 saturated heterocycles. The first-order chi connectivity index (χ1) is 14.6. The van der Waals surface area contributed by atoms with E-state index in [1.807, 2.05) is 19.1 Å². The Morgan fingerprint density at radius 3 is 2.47 bits per heavy atom. The van der Waals surface area contributed by atoms with Gasteiger partial charge in [-0.2, -0.15) is 0 Å². The number of pyridine rings is 1. The highest BCUT2D eigenvalue weighted by atomic mass is 35.5. The van der Waals surface area contributed by atoms with Gasteiger partial charge in [-0.05, 0) is 55.5 Å². The highest BCUT2D eigenvalue weighted by Gasteiger charge is 2.23. The summed E-state index contributed by atoms with van der Waals surface area (Å²) in [7, 11) is 0. The summed E-state index contributed by atoms with van der Waals surface area (Å²) >= 11 is 11.5. The second kappa shape index (κ2) is 9.06. The minimum atomic E-state index is -0.274. The molecule has 1 N–H and O–H groups in total. The number of alkyl halides is 1. The van der Waals surface area contributed by atoms with Crippen LogP contribution >= 0.6 is 23.8 Å². The highest BCUT2D eigenvalue weighted by molar-refractivity contribution is 7.80. The number of anilines is 1. The third kappa shape index (κ3) is 4.29. The van der Waals surface area contributed by atoms with Crippen LogP contribution in [0.1, 0.15) is 12.7 Å². The first-order valence-electron chi connectivity index (χ1n) is 9.86. The summed E-state index contributed by atoms with van der Waals surface area (Å²) in [4.78, 5) is 18.4. The fourth-order valence-corrected chi connectivity index (χ4v) is 3.94. The first kappa shape index (κ1) is 20.7. The molecule has 0 bridgehead atoms. The maximum atomic E-state index is 13.3. The molecule has 0 atom stereocenters. The van der Waals surface area contributed by atoms with Crippen LogP contribution in [-0.4, -0.2) is 57.7 Å². The summed E-state index contributed by atoms with van der Waals surface area (Å²) < 4.78 is 13.3. The summed E-state index contributed by atoms with van der Waals surface area (Å²) in [5, 5.41) is 3.98. The minimum absolute atomic E-state index is 0.229. The van der Waals surface area contributed by atoms with Gasteiger partial charge < -0.3 is 15.1 Å². The van der Waals surface area contributed by atoms with Crippen LogP contribution in [-0.2, 0) is 5.88 Å². The van der Waals surface area contributed by atoms with Crippen molar-refractivity contribution in [2.24, 2.45) is 0 Å². The van der Waals surface area contributed by atoms with Gasteiger partial charge in [0.25, 0.3) is 0 Å². The molecule has 0 unspecified atom stereocenters. The van der Waals surface area contributed by atoms with E-state index in [0.717, 1.165) is 60.4 Å². The number of nitrogens with zero attached hydrogens (tertiary/aromatic N) is 5. The Bertz CT molecular complexity index is 1050. The van der Waals surface area contributed by atoms with Gasteiger partial charge >= 0.3 is 0 Å². The van der Waals surface area contributed by atoms with Crippen molar-refractivity contribution < 1.29 is 4.39 Å². The molecule has 0 amide bonds. The summed E-state index contributed by atoms with van der Waals surface area (Å²) in [5.41, 5.74) is 3.05. The topological polar surface area (TPSA) is 57.2 Å². The molecule has 4 rings (SSSR count). The first-order valence-corrected chi connectivity index (χ1v) is 10.8. The number of hydrogen-bond acceptors (Lipinski definition) is 5. The van der Waals surface area contributed by atoms with Gasteiger partial charge in [0.2, 0.25) is 0 Å². The molecular weight excluding hydrogens is 423 g/mol. The summed E-state index contributed by atoms with van der Waals surface area (Å²) in [6, 6.07) is 10.1. The van der Waals surface area contributed by atoms with Crippen LogP contribution in [0.5, 0.6) is 0 Å². The predicted molar refractivity (Wildman–Crippen MR) is 122 cm³/mol. The van der Waals surface area contributed by atoms with Crippen molar-refractivity contribution in [3.8, 4) is 11.3 Å². The molecule has 1 fully saturated rings. The predicted octanol–water partition coefficient (Wildman–Crippen LogP) is 3.59. The van der Waals surface area contributed by atoms with Crippen molar-refractivity contribution in [3.63, 3.8) is 0 Å². The van der Waals surface area contributed by atoms with Gasteiger partial charge in [-0.25, -0.2) is 19.3 Å². The quantitative estimate of drug-likeness (QED) is 0.487. The number of rotatable bonds is 4. The monoisotopic (exact) mass is 444 g/mol. The largest absolute Gasteiger partial charge is 0.363 e. The second-order valence-electron chi connectivity index (χ2n) is 6.98. The van der Waals surface area contributed by atoms with Crippen molar-refractivity contribution in [1.29, 1.82) is 0 Å². The lowest BCUT2D eigenvalue weighted by molar-refractivity contribution is 0.380. The van der Waals surface area contributed by atoms with E-state index in [9.17, 15) is 4.39 Å². The normalized spacial score (nSPS) is 14.2. The molecule has 0 radical (unpaired) electrons. The Morgan fingerprint density at radius 2 is 1.80 bits per heavy atom. The van der Waals surface area contributed by atoms with Crippen molar-refractivity contribution in [1.82, 2.24) is 25.2 Å². The van der Waals surface area contributed by atoms with E-state index in [1.54, 1.807) is 12.1 Å². The van der Waals surface area contributed by atoms with E-state index >= 15 is 0 Å². The van der Waals surface area contributed by atoms with Gasteiger partial charge in [0.15, 0.2) is 10.9 Å². The lowest BCUT2D eigenvalue weighted by atomic mass is 10.1. The van der Waals surface area contributed by atoms with E-state index < -0.39 is 0 Å². The number of aromatic nitrogens is 3. The Labute approximate surface area is 185 Å². The molecule has 3 heterocycles. The number of benzene rings is 1. The molecule has 6 nitrogen and oxygen atoms in total. The number of thiocarbonyl (C=S) groups is 1. The fraction of sp³-hybridized carbons (Fsp3) is 0.333. The molecule has 3 aromatic rings. The van der Waals surface area contributed by atoms with Crippen molar-refractivity contribution in [2.75, 3.05) is 37.6 Å².